The molecule has 1 aromatic heterocycles. The van der Waals surface area contributed by atoms with Crippen molar-refractivity contribution in [3.05, 3.63) is 36.0 Å². The maximum atomic E-state index is 12.0. The van der Waals surface area contributed by atoms with Gasteiger partial charge in [0.1, 0.15) is 6.61 Å². The zero-order valence-electron chi connectivity index (χ0n) is 11.5. The molecule has 1 N–H and O–H groups in total. The fourth-order valence-electron chi connectivity index (χ4n) is 2.13. The first-order chi connectivity index (χ1) is 9.26. The van der Waals surface area contributed by atoms with E-state index >= 15 is 0 Å². The largest absolute Gasteiger partial charge is 0.461 e. The molecular weight excluding hydrogens is 240 g/mol. The normalized spacial score (nSPS) is 11.1. The molecule has 1 aromatic carbocycles. The lowest BCUT2D eigenvalue weighted by Crippen LogP contribution is -2.27. The SMILES string of the molecule is CCN(CC)CCOC(=O)c1c[nH]c2ccccc12. The van der Waals surface area contributed by atoms with Gasteiger partial charge >= 0.3 is 5.97 Å². The molecule has 0 unspecified atom stereocenters. The second-order valence-corrected chi connectivity index (χ2v) is 4.41. The van der Waals surface area contributed by atoms with E-state index in [2.05, 4.69) is 23.7 Å². The van der Waals surface area contributed by atoms with Crippen molar-refractivity contribution in [2.75, 3.05) is 26.2 Å². The average molecular weight is 260 g/mol. The number of rotatable bonds is 6. The first kappa shape index (κ1) is 13.6. The van der Waals surface area contributed by atoms with Crippen LogP contribution in [0.1, 0.15) is 24.2 Å². The molecule has 0 radical (unpaired) electrons. The Morgan fingerprint density at radius 2 is 2.00 bits per heavy atom. The number of H-pyrrole nitrogens is 1. The van der Waals surface area contributed by atoms with E-state index in [0.717, 1.165) is 30.5 Å². The number of para-hydroxylation sites is 1. The van der Waals surface area contributed by atoms with Crippen LogP contribution in [0.3, 0.4) is 0 Å². The van der Waals surface area contributed by atoms with Crippen LogP contribution in [0.5, 0.6) is 0 Å². The third-order valence-corrected chi connectivity index (χ3v) is 3.34. The molecule has 19 heavy (non-hydrogen) atoms. The molecule has 2 aromatic rings. The summed E-state index contributed by atoms with van der Waals surface area (Å²) in [6.07, 6.45) is 1.71. The van der Waals surface area contributed by atoms with Crippen molar-refractivity contribution in [1.82, 2.24) is 9.88 Å². The highest BCUT2D eigenvalue weighted by Gasteiger charge is 2.13. The number of carbonyl (C=O) groups is 1. The maximum absolute atomic E-state index is 12.0. The topological polar surface area (TPSA) is 45.3 Å². The van der Waals surface area contributed by atoms with Crippen LogP contribution in [0, 0.1) is 0 Å². The van der Waals surface area contributed by atoms with Gasteiger partial charge in [0.2, 0.25) is 0 Å². The number of likely N-dealkylation sites (N-methyl/N-ethyl adjacent to an activating group) is 1. The van der Waals surface area contributed by atoms with Gasteiger partial charge in [0.15, 0.2) is 0 Å². The van der Waals surface area contributed by atoms with E-state index in [0.29, 0.717) is 12.2 Å². The molecule has 4 heteroatoms. The van der Waals surface area contributed by atoms with Crippen LogP contribution in [0.15, 0.2) is 30.5 Å². The molecule has 102 valence electrons. The van der Waals surface area contributed by atoms with Gasteiger partial charge in [-0.15, -0.1) is 0 Å². The summed E-state index contributed by atoms with van der Waals surface area (Å²) in [5, 5.41) is 0.912. The summed E-state index contributed by atoms with van der Waals surface area (Å²) in [5.41, 5.74) is 1.56. The Morgan fingerprint density at radius 3 is 2.74 bits per heavy atom. The van der Waals surface area contributed by atoms with Crippen LogP contribution < -0.4 is 0 Å². The second kappa shape index (κ2) is 6.38. The van der Waals surface area contributed by atoms with Crippen molar-refractivity contribution in [1.29, 1.82) is 0 Å². The van der Waals surface area contributed by atoms with E-state index in [4.69, 9.17) is 4.74 Å². The van der Waals surface area contributed by atoms with E-state index in [1.165, 1.54) is 0 Å². The van der Waals surface area contributed by atoms with Crippen LogP contribution in [-0.4, -0.2) is 42.1 Å². The highest BCUT2D eigenvalue weighted by molar-refractivity contribution is 6.03. The molecule has 2 rings (SSSR count). The lowest BCUT2D eigenvalue weighted by molar-refractivity contribution is 0.0469. The molecule has 0 aliphatic heterocycles. The third-order valence-electron chi connectivity index (χ3n) is 3.34. The number of aromatic nitrogens is 1. The fraction of sp³-hybridized carbons (Fsp3) is 0.400. The predicted octanol–water partition coefficient (Wildman–Crippen LogP) is 2.67. The Balaban J connectivity index is 1.97. The number of benzene rings is 1. The average Bonchev–Trinajstić information content (AvgIpc) is 2.87. The van der Waals surface area contributed by atoms with Crippen LogP contribution in [0.25, 0.3) is 10.9 Å². The van der Waals surface area contributed by atoms with Crippen molar-refractivity contribution in [2.45, 2.75) is 13.8 Å². The summed E-state index contributed by atoms with van der Waals surface area (Å²) >= 11 is 0. The monoisotopic (exact) mass is 260 g/mol. The van der Waals surface area contributed by atoms with Crippen LogP contribution in [0.2, 0.25) is 0 Å². The van der Waals surface area contributed by atoms with Crippen molar-refractivity contribution < 1.29 is 9.53 Å². The number of fused-ring (bicyclic) bond motifs is 1. The van der Waals surface area contributed by atoms with E-state index in [1.807, 2.05) is 24.3 Å². The van der Waals surface area contributed by atoms with Crippen molar-refractivity contribution in [3.63, 3.8) is 0 Å². The molecule has 0 saturated carbocycles. The number of nitrogens with one attached hydrogen (secondary N) is 1. The van der Waals surface area contributed by atoms with E-state index in [-0.39, 0.29) is 5.97 Å². The van der Waals surface area contributed by atoms with E-state index in [1.54, 1.807) is 6.20 Å². The minimum atomic E-state index is -0.260. The molecule has 0 amide bonds. The molecule has 1 heterocycles. The number of hydrogen-bond acceptors (Lipinski definition) is 3. The number of carbonyl (C=O) groups excluding carboxylic acids is 1. The molecule has 0 saturated heterocycles. The number of hydrogen-bond donors (Lipinski definition) is 1. The Morgan fingerprint density at radius 1 is 1.26 bits per heavy atom. The van der Waals surface area contributed by atoms with Gasteiger partial charge in [-0.3, -0.25) is 0 Å². The first-order valence-electron chi connectivity index (χ1n) is 6.71. The van der Waals surface area contributed by atoms with Gasteiger partial charge in [0.25, 0.3) is 0 Å². The molecule has 0 bridgehead atoms. The van der Waals surface area contributed by atoms with E-state index < -0.39 is 0 Å². The molecule has 0 aliphatic carbocycles. The fourth-order valence-corrected chi connectivity index (χ4v) is 2.13. The lowest BCUT2D eigenvalue weighted by atomic mass is 10.2. The first-order valence-corrected chi connectivity index (χ1v) is 6.71. The number of aromatic amines is 1. The molecule has 0 spiro atoms. The van der Waals surface area contributed by atoms with Crippen LogP contribution in [0.4, 0.5) is 0 Å². The van der Waals surface area contributed by atoms with E-state index in [9.17, 15) is 4.79 Å². The zero-order valence-corrected chi connectivity index (χ0v) is 11.5. The zero-order chi connectivity index (χ0) is 13.7. The van der Waals surface area contributed by atoms with Crippen LogP contribution in [-0.2, 0) is 4.74 Å². The number of ether oxygens (including phenoxy) is 1. The number of esters is 1. The van der Waals surface area contributed by atoms with Crippen molar-refractivity contribution >= 4 is 16.9 Å². The smallest absolute Gasteiger partial charge is 0.340 e. The third kappa shape index (κ3) is 3.15. The minimum Gasteiger partial charge on any atom is -0.461 e. The summed E-state index contributed by atoms with van der Waals surface area (Å²) in [6, 6.07) is 7.73. The van der Waals surface area contributed by atoms with Gasteiger partial charge in [-0.25, -0.2) is 4.79 Å². The molecule has 0 atom stereocenters. The quantitative estimate of drug-likeness (QED) is 0.812. The van der Waals surface area contributed by atoms with Crippen molar-refractivity contribution in [3.8, 4) is 0 Å². The van der Waals surface area contributed by atoms with Gasteiger partial charge in [0.05, 0.1) is 5.56 Å². The summed E-state index contributed by atoms with van der Waals surface area (Å²) in [6.45, 7) is 7.36. The Hall–Kier alpha value is -1.81. The maximum Gasteiger partial charge on any atom is 0.340 e. The summed E-state index contributed by atoms with van der Waals surface area (Å²) < 4.78 is 5.33. The summed E-state index contributed by atoms with van der Waals surface area (Å²) in [5.74, 6) is -0.260. The molecule has 4 nitrogen and oxygen atoms in total. The Kier molecular flexibility index (Phi) is 4.58. The molecule has 0 aliphatic rings. The Labute approximate surface area is 113 Å². The summed E-state index contributed by atoms with van der Waals surface area (Å²) in [7, 11) is 0. The van der Waals surface area contributed by atoms with Gasteiger partial charge in [0, 0.05) is 23.6 Å². The second-order valence-electron chi connectivity index (χ2n) is 4.41. The Bertz CT molecular complexity index is 544. The van der Waals surface area contributed by atoms with Gasteiger partial charge in [-0.1, -0.05) is 32.0 Å². The highest BCUT2D eigenvalue weighted by atomic mass is 16.5. The highest BCUT2D eigenvalue weighted by Crippen LogP contribution is 2.18. The van der Waals surface area contributed by atoms with Crippen molar-refractivity contribution in [2.24, 2.45) is 0 Å². The van der Waals surface area contributed by atoms with Gasteiger partial charge in [-0.2, -0.15) is 0 Å². The molecular formula is C15H20N2O2. The minimum absolute atomic E-state index is 0.260. The lowest BCUT2D eigenvalue weighted by Gasteiger charge is -2.17. The number of nitrogens with zero attached hydrogens (tertiary/aromatic N) is 1. The standard InChI is InChI=1S/C15H20N2O2/c1-3-17(4-2)9-10-19-15(18)13-11-16-14-8-6-5-7-12(13)14/h5-8,11,16H,3-4,9-10H2,1-2H3. The van der Waals surface area contributed by atoms with Gasteiger partial charge in [-0.05, 0) is 19.2 Å². The van der Waals surface area contributed by atoms with Crippen LogP contribution >= 0.6 is 0 Å². The predicted molar refractivity (Wildman–Crippen MR) is 76.4 cm³/mol. The summed E-state index contributed by atoms with van der Waals surface area (Å²) in [4.78, 5) is 17.3. The molecule has 0 fully saturated rings. The van der Waals surface area contributed by atoms with Gasteiger partial charge < -0.3 is 14.6 Å².